The molecule has 2 heterocycles. The average molecular weight is 347 g/mol. The van der Waals surface area contributed by atoms with Gasteiger partial charge in [0.25, 0.3) is 5.91 Å². The molecule has 0 unspecified atom stereocenters. The molecular formula is C20H17N3O3. The summed E-state index contributed by atoms with van der Waals surface area (Å²) in [5, 5.41) is 9.38. The Hall–Kier alpha value is -3.54. The summed E-state index contributed by atoms with van der Waals surface area (Å²) in [6.07, 6.45) is 3.31. The maximum absolute atomic E-state index is 13.1. The van der Waals surface area contributed by atoms with Crippen molar-refractivity contribution in [2.75, 3.05) is 0 Å². The fourth-order valence-corrected chi connectivity index (χ4v) is 2.60. The third-order valence-electron chi connectivity index (χ3n) is 3.83. The Bertz CT molecular complexity index is 857. The SMILES string of the molecule is O=C(O)c1ccccc1C(=O)N(Cc1ccccn1)Cc1ccccn1. The predicted molar refractivity (Wildman–Crippen MR) is 95.5 cm³/mol. The van der Waals surface area contributed by atoms with E-state index in [2.05, 4.69) is 9.97 Å². The topological polar surface area (TPSA) is 83.4 Å². The zero-order chi connectivity index (χ0) is 18.4. The Morgan fingerprint density at radius 1 is 0.769 bits per heavy atom. The lowest BCUT2D eigenvalue weighted by Crippen LogP contribution is -2.32. The molecule has 2 aromatic heterocycles. The number of aromatic carboxylic acids is 1. The number of aromatic nitrogens is 2. The molecule has 0 saturated heterocycles. The van der Waals surface area contributed by atoms with Gasteiger partial charge in [-0.25, -0.2) is 4.79 Å². The average Bonchev–Trinajstić information content (AvgIpc) is 2.68. The fraction of sp³-hybridized carbons (Fsp3) is 0.100. The van der Waals surface area contributed by atoms with Crippen LogP contribution in [0.1, 0.15) is 32.1 Å². The summed E-state index contributed by atoms with van der Waals surface area (Å²) in [7, 11) is 0. The van der Waals surface area contributed by atoms with E-state index in [1.165, 1.54) is 12.1 Å². The Kier molecular flexibility index (Phi) is 5.34. The van der Waals surface area contributed by atoms with Crippen molar-refractivity contribution >= 4 is 11.9 Å². The Labute approximate surface area is 150 Å². The van der Waals surface area contributed by atoms with E-state index < -0.39 is 5.97 Å². The molecule has 0 fully saturated rings. The van der Waals surface area contributed by atoms with Crippen LogP contribution in [0.3, 0.4) is 0 Å². The quantitative estimate of drug-likeness (QED) is 0.741. The smallest absolute Gasteiger partial charge is 0.336 e. The van der Waals surface area contributed by atoms with Gasteiger partial charge in [0.2, 0.25) is 0 Å². The van der Waals surface area contributed by atoms with E-state index in [-0.39, 0.29) is 30.1 Å². The van der Waals surface area contributed by atoms with E-state index in [9.17, 15) is 14.7 Å². The Morgan fingerprint density at radius 2 is 1.27 bits per heavy atom. The largest absolute Gasteiger partial charge is 0.478 e. The molecule has 0 aliphatic carbocycles. The fourth-order valence-electron chi connectivity index (χ4n) is 2.60. The van der Waals surface area contributed by atoms with Crippen molar-refractivity contribution in [3.63, 3.8) is 0 Å². The van der Waals surface area contributed by atoms with E-state index in [1.807, 2.05) is 24.3 Å². The first-order valence-electron chi connectivity index (χ1n) is 8.06. The van der Waals surface area contributed by atoms with Gasteiger partial charge in [-0.2, -0.15) is 0 Å². The van der Waals surface area contributed by atoms with E-state index >= 15 is 0 Å². The lowest BCUT2D eigenvalue weighted by Gasteiger charge is -2.23. The maximum atomic E-state index is 13.1. The number of nitrogens with zero attached hydrogens (tertiary/aromatic N) is 3. The van der Waals surface area contributed by atoms with Gasteiger partial charge in [-0.3, -0.25) is 14.8 Å². The van der Waals surface area contributed by atoms with Crippen molar-refractivity contribution in [1.82, 2.24) is 14.9 Å². The maximum Gasteiger partial charge on any atom is 0.336 e. The number of rotatable bonds is 6. The molecule has 0 radical (unpaired) electrons. The van der Waals surface area contributed by atoms with Crippen molar-refractivity contribution in [3.8, 4) is 0 Å². The van der Waals surface area contributed by atoms with Gasteiger partial charge in [0.1, 0.15) is 0 Å². The van der Waals surface area contributed by atoms with E-state index in [0.717, 1.165) is 0 Å². The Balaban J connectivity index is 1.94. The van der Waals surface area contributed by atoms with Crippen LogP contribution < -0.4 is 0 Å². The predicted octanol–water partition coefficient (Wildman–Crippen LogP) is 3.02. The molecule has 130 valence electrons. The molecule has 1 N–H and O–H groups in total. The van der Waals surface area contributed by atoms with Gasteiger partial charge in [0, 0.05) is 12.4 Å². The standard InChI is InChI=1S/C20H17N3O3/c24-19(17-9-1-2-10-18(17)20(25)26)23(13-15-7-3-5-11-21-15)14-16-8-4-6-12-22-16/h1-12H,13-14H2,(H,25,26). The first kappa shape index (κ1) is 17.3. The molecule has 3 aromatic rings. The second-order valence-electron chi connectivity index (χ2n) is 5.65. The van der Waals surface area contributed by atoms with Gasteiger partial charge in [-0.05, 0) is 36.4 Å². The van der Waals surface area contributed by atoms with Crippen LogP contribution in [0.4, 0.5) is 0 Å². The molecule has 0 atom stereocenters. The highest BCUT2D eigenvalue weighted by Gasteiger charge is 2.22. The van der Waals surface area contributed by atoms with Crippen LogP contribution >= 0.6 is 0 Å². The van der Waals surface area contributed by atoms with Crippen LogP contribution in [0.25, 0.3) is 0 Å². The van der Waals surface area contributed by atoms with Crippen LogP contribution in [-0.2, 0) is 13.1 Å². The molecule has 26 heavy (non-hydrogen) atoms. The lowest BCUT2D eigenvalue weighted by atomic mass is 10.1. The monoisotopic (exact) mass is 347 g/mol. The van der Waals surface area contributed by atoms with Crippen molar-refractivity contribution < 1.29 is 14.7 Å². The van der Waals surface area contributed by atoms with Crippen LogP contribution in [0.2, 0.25) is 0 Å². The van der Waals surface area contributed by atoms with E-state index in [1.54, 1.807) is 41.6 Å². The van der Waals surface area contributed by atoms with Crippen molar-refractivity contribution in [2.24, 2.45) is 0 Å². The summed E-state index contributed by atoms with van der Waals surface area (Å²) in [6.45, 7) is 0.508. The number of hydrogen-bond acceptors (Lipinski definition) is 4. The summed E-state index contributed by atoms with van der Waals surface area (Å²) in [4.78, 5) is 34.6. The second kappa shape index (κ2) is 8.02. The van der Waals surface area contributed by atoms with Crippen molar-refractivity contribution in [1.29, 1.82) is 0 Å². The normalized spacial score (nSPS) is 10.3. The zero-order valence-electron chi connectivity index (χ0n) is 13.9. The summed E-state index contributed by atoms with van der Waals surface area (Å²) >= 11 is 0. The molecule has 0 bridgehead atoms. The van der Waals surface area contributed by atoms with Crippen LogP contribution in [0, 0.1) is 0 Å². The van der Waals surface area contributed by atoms with E-state index in [0.29, 0.717) is 11.4 Å². The molecule has 0 aliphatic rings. The van der Waals surface area contributed by atoms with Gasteiger partial charge < -0.3 is 10.0 Å². The third kappa shape index (κ3) is 4.10. The minimum atomic E-state index is -1.13. The molecule has 6 nitrogen and oxygen atoms in total. The minimum Gasteiger partial charge on any atom is -0.478 e. The van der Waals surface area contributed by atoms with Gasteiger partial charge in [0.15, 0.2) is 0 Å². The molecule has 0 saturated carbocycles. The number of carboxylic acids is 1. The molecule has 1 amide bonds. The van der Waals surface area contributed by atoms with Gasteiger partial charge in [0.05, 0.1) is 35.6 Å². The van der Waals surface area contributed by atoms with E-state index in [4.69, 9.17) is 0 Å². The minimum absolute atomic E-state index is 0.0236. The van der Waals surface area contributed by atoms with Gasteiger partial charge in [-0.1, -0.05) is 24.3 Å². The zero-order valence-corrected chi connectivity index (χ0v) is 13.9. The highest BCUT2D eigenvalue weighted by molar-refractivity contribution is 6.04. The van der Waals surface area contributed by atoms with Crippen molar-refractivity contribution in [3.05, 3.63) is 95.6 Å². The number of benzene rings is 1. The first-order chi connectivity index (χ1) is 12.6. The van der Waals surface area contributed by atoms with Gasteiger partial charge >= 0.3 is 5.97 Å². The molecule has 1 aromatic carbocycles. The number of amides is 1. The number of carboxylic acid groups (broad SMARTS) is 1. The number of carbonyl (C=O) groups excluding carboxylic acids is 1. The molecule has 3 rings (SSSR count). The lowest BCUT2D eigenvalue weighted by molar-refractivity contribution is 0.0667. The molecule has 0 aliphatic heterocycles. The summed E-state index contributed by atoms with van der Waals surface area (Å²) in [5.41, 5.74) is 1.55. The highest BCUT2D eigenvalue weighted by atomic mass is 16.4. The van der Waals surface area contributed by atoms with Crippen LogP contribution in [0.5, 0.6) is 0 Å². The second-order valence-corrected chi connectivity index (χ2v) is 5.65. The highest BCUT2D eigenvalue weighted by Crippen LogP contribution is 2.16. The molecule has 0 spiro atoms. The van der Waals surface area contributed by atoms with Gasteiger partial charge in [-0.15, -0.1) is 0 Å². The Morgan fingerprint density at radius 3 is 1.73 bits per heavy atom. The molecular weight excluding hydrogens is 330 g/mol. The summed E-state index contributed by atoms with van der Waals surface area (Å²) in [5.74, 6) is -1.51. The number of carbonyl (C=O) groups is 2. The number of hydrogen-bond donors (Lipinski definition) is 1. The van der Waals surface area contributed by atoms with Crippen LogP contribution in [-0.4, -0.2) is 31.9 Å². The number of pyridine rings is 2. The van der Waals surface area contributed by atoms with Crippen LogP contribution in [0.15, 0.2) is 73.1 Å². The summed E-state index contributed by atoms with van der Waals surface area (Å²) < 4.78 is 0. The van der Waals surface area contributed by atoms with Crippen molar-refractivity contribution in [2.45, 2.75) is 13.1 Å². The summed E-state index contributed by atoms with van der Waals surface area (Å²) in [6, 6.07) is 17.1. The first-order valence-corrected chi connectivity index (χ1v) is 8.06. The third-order valence-corrected chi connectivity index (χ3v) is 3.83. The molecule has 6 heteroatoms.